The van der Waals surface area contributed by atoms with Crippen LogP contribution in [-0.2, 0) is 12.8 Å². The van der Waals surface area contributed by atoms with Gasteiger partial charge >= 0.3 is 0 Å². The summed E-state index contributed by atoms with van der Waals surface area (Å²) >= 11 is 1.63. The molecule has 0 fully saturated rings. The number of nitrogens with two attached hydrogens (primary N) is 1. The zero-order chi connectivity index (χ0) is 12.4. The monoisotopic (exact) mass is 260 g/mol. The third-order valence-electron chi connectivity index (χ3n) is 2.75. The summed E-state index contributed by atoms with van der Waals surface area (Å²) in [4.78, 5) is 1.09. The first kappa shape index (κ1) is 11.1. The summed E-state index contributed by atoms with van der Waals surface area (Å²) < 4.78 is 10.4. The lowest BCUT2D eigenvalue weighted by Crippen LogP contribution is -1.93. The van der Waals surface area contributed by atoms with Crippen LogP contribution in [0.2, 0.25) is 0 Å². The number of anilines is 1. The molecule has 0 aliphatic heterocycles. The number of hydrogen-bond acceptors (Lipinski definition) is 5. The van der Waals surface area contributed by atoms with Crippen molar-refractivity contribution < 1.29 is 8.94 Å². The zero-order valence-electron chi connectivity index (χ0n) is 9.63. The lowest BCUT2D eigenvalue weighted by molar-refractivity contribution is 0.425. The lowest BCUT2D eigenvalue weighted by atomic mass is 10.1. The van der Waals surface area contributed by atoms with Crippen LogP contribution < -0.4 is 5.73 Å². The molecular formula is C13H12N2O2S. The van der Waals surface area contributed by atoms with E-state index in [0.29, 0.717) is 5.88 Å². The van der Waals surface area contributed by atoms with Crippen molar-refractivity contribution in [1.82, 2.24) is 5.16 Å². The molecule has 18 heavy (non-hydrogen) atoms. The van der Waals surface area contributed by atoms with Gasteiger partial charge in [-0.25, -0.2) is 0 Å². The molecule has 0 amide bonds. The first-order valence-corrected chi connectivity index (χ1v) is 6.53. The van der Waals surface area contributed by atoms with Crippen molar-refractivity contribution in [2.45, 2.75) is 12.8 Å². The van der Waals surface area contributed by atoms with E-state index in [9.17, 15) is 0 Å². The van der Waals surface area contributed by atoms with Crippen molar-refractivity contribution in [2.75, 3.05) is 5.73 Å². The minimum absolute atomic E-state index is 0.381. The summed E-state index contributed by atoms with van der Waals surface area (Å²) in [6, 6.07) is 7.84. The van der Waals surface area contributed by atoms with E-state index in [-0.39, 0.29) is 0 Å². The predicted molar refractivity (Wildman–Crippen MR) is 70.3 cm³/mol. The van der Waals surface area contributed by atoms with Crippen LogP contribution in [0, 0.1) is 0 Å². The van der Waals surface area contributed by atoms with Crippen LogP contribution in [0.1, 0.15) is 11.5 Å². The number of hydrogen-bond donors (Lipinski definition) is 1. The predicted octanol–water partition coefficient (Wildman–Crippen LogP) is 3.36. The first-order valence-electron chi connectivity index (χ1n) is 5.65. The van der Waals surface area contributed by atoms with Gasteiger partial charge in [-0.1, -0.05) is 11.2 Å². The van der Waals surface area contributed by atoms with E-state index in [1.165, 1.54) is 0 Å². The van der Waals surface area contributed by atoms with E-state index in [2.05, 4.69) is 5.16 Å². The van der Waals surface area contributed by atoms with Gasteiger partial charge in [0, 0.05) is 17.7 Å². The highest BCUT2D eigenvalue weighted by molar-refractivity contribution is 7.13. The molecule has 3 aromatic heterocycles. The van der Waals surface area contributed by atoms with Crippen LogP contribution in [0.25, 0.3) is 10.4 Å². The number of rotatable bonds is 4. The molecule has 0 spiro atoms. The molecule has 0 aromatic carbocycles. The Morgan fingerprint density at radius 1 is 1.22 bits per heavy atom. The molecule has 3 heterocycles. The summed E-state index contributed by atoms with van der Waals surface area (Å²) in [6.45, 7) is 0. The van der Waals surface area contributed by atoms with Gasteiger partial charge in [-0.15, -0.1) is 11.3 Å². The highest BCUT2D eigenvalue weighted by atomic mass is 32.1. The Morgan fingerprint density at radius 2 is 2.17 bits per heavy atom. The third-order valence-corrected chi connectivity index (χ3v) is 3.63. The molecule has 0 saturated heterocycles. The van der Waals surface area contributed by atoms with Gasteiger partial charge < -0.3 is 14.7 Å². The van der Waals surface area contributed by atoms with E-state index >= 15 is 0 Å². The van der Waals surface area contributed by atoms with Crippen LogP contribution in [-0.4, -0.2) is 5.16 Å². The second-order valence-electron chi connectivity index (χ2n) is 3.93. The molecular weight excluding hydrogens is 248 g/mol. The topological polar surface area (TPSA) is 65.2 Å². The largest absolute Gasteiger partial charge is 0.469 e. The highest BCUT2D eigenvalue weighted by Gasteiger charge is 2.16. The Labute approximate surface area is 108 Å². The minimum Gasteiger partial charge on any atom is -0.469 e. The van der Waals surface area contributed by atoms with Crippen LogP contribution in [0.15, 0.2) is 44.8 Å². The van der Waals surface area contributed by atoms with Gasteiger partial charge in [0.05, 0.1) is 17.5 Å². The van der Waals surface area contributed by atoms with Crippen molar-refractivity contribution in [3.63, 3.8) is 0 Å². The average molecular weight is 260 g/mol. The summed E-state index contributed by atoms with van der Waals surface area (Å²) in [5.74, 6) is 1.32. The molecule has 4 nitrogen and oxygen atoms in total. The van der Waals surface area contributed by atoms with E-state index in [4.69, 9.17) is 14.7 Å². The summed E-state index contributed by atoms with van der Waals surface area (Å²) in [7, 11) is 0. The SMILES string of the molecule is Nc1onc(CCc2ccco2)c1-c1cccs1. The van der Waals surface area contributed by atoms with Gasteiger partial charge in [-0.3, -0.25) is 0 Å². The Kier molecular flexibility index (Phi) is 2.90. The van der Waals surface area contributed by atoms with Gasteiger partial charge in [-0.2, -0.15) is 0 Å². The molecule has 0 bridgehead atoms. The average Bonchev–Trinajstić information content (AvgIpc) is 3.07. The number of thiophene rings is 1. The fraction of sp³-hybridized carbons (Fsp3) is 0.154. The number of aromatic nitrogens is 1. The number of aryl methyl sites for hydroxylation is 2. The van der Waals surface area contributed by atoms with Crippen LogP contribution in [0.5, 0.6) is 0 Å². The summed E-state index contributed by atoms with van der Waals surface area (Å²) in [6.07, 6.45) is 3.21. The molecule has 0 aliphatic rings. The van der Waals surface area contributed by atoms with Crippen molar-refractivity contribution in [3.05, 3.63) is 47.4 Å². The maximum absolute atomic E-state index is 5.84. The highest BCUT2D eigenvalue weighted by Crippen LogP contribution is 2.33. The van der Waals surface area contributed by atoms with Crippen LogP contribution >= 0.6 is 11.3 Å². The maximum Gasteiger partial charge on any atom is 0.231 e. The molecule has 0 radical (unpaired) electrons. The number of furan rings is 1. The van der Waals surface area contributed by atoms with E-state index in [1.807, 2.05) is 29.6 Å². The second kappa shape index (κ2) is 4.70. The molecule has 3 aromatic rings. The van der Waals surface area contributed by atoms with Crippen molar-refractivity contribution >= 4 is 17.2 Å². The molecule has 0 atom stereocenters. The van der Waals surface area contributed by atoms with Crippen LogP contribution in [0.4, 0.5) is 5.88 Å². The van der Waals surface area contributed by atoms with E-state index < -0.39 is 0 Å². The molecule has 0 aliphatic carbocycles. The van der Waals surface area contributed by atoms with Crippen molar-refractivity contribution in [1.29, 1.82) is 0 Å². The maximum atomic E-state index is 5.84. The molecule has 2 N–H and O–H groups in total. The lowest BCUT2D eigenvalue weighted by Gasteiger charge is -1.98. The molecule has 5 heteroatoms. The molecule has 92 valence electrons. The fourth-order valence-electron chi connectivity index (χ4n) is 1.89. The zero-order valence-corrected chi connectivity index (χ0v) is 10.4. The second-order valence-corrected chi connectivity index (χ2v) is 4.87. The Bertz CT molecular complexity index is 612. The van der Waals surface area contributed by atoms with Crippen LogP contribution in [0.3, 0.4) is 0 Å². The van der Waals surface area contributed by atoms with Crippen molar-refractivity contribution in [3.8, 4) is 10.4 Å². The molecule has 3 rings (SSSR count). The van der Waals surface area contributed by atoms with Crippen molar-refractivity contribution in [2.24, 2.45) is 0 Å². The smallest absolute Gasteiger partial charge is 0.231 e. The molecule has 0 saturated carbocycles. The van der Waals surface area contributed by atoms with Gasteiger partial charge in [0.15, 0.2) is 0 Å². The van der Waals surface area contributed by atoms with E-state index in [1.54, 1.807) is 17.6 Å². The number of nitrogen functional groups attached to an aromatic ring is 1. The van der Waals surface area contributed by atoms with Gasteiger partial charge in [0.25, 0.3) is 0 Å². The van der Waals surface area contributed by atoms with Gasteiger partial charge in [0.1, 0.15) is 5.76 Å². The van der Waals surface area contributed by atoms with E-state index in [0.717, 1.165) is 34.7 Å². The Hall–Kier alpha value is -2.01. The standard InChI is InChI=1S/C13H12N2O2S/c14-13-12(11-4-2-8-18-11)10(15-17-13)6-5-9-3-1-7-16-9/h1-4,7-8H,5-6,14H2. The minimum atomic E-state index is 0.381. The Balaban J connectivity index is 1.84. The van der Waals surface area contributed by atoms with Gasteiger partial charge in [-0.05, 0) is 23.6 Å². The van der Waals surface area contributed by atoms with Gasteiger partial charge in [0.2, 0.25) is 5.88 Å². The number of nitrogens with zero attached hydrogens (tertiary/aromatic N) is 1. The fourth-order valence-corrected chi connectivity index (χ4v) is 2.69. The third kappa shape index (κ3) is 2.04. The summed E-state index contributed by atoms with van der Waals surface area (Å²) in [5, 5.41) is 6.05. The molecule has 0 unspecified atom stereocenters. The Morgan fingerprint density at radius 3 is 2.89 bits per heavy atom. The first-order chi connectivity index (χ1) is 8.84. The quantitative estimate of drug-likeness (QED) is 0.781. The normalized spacial score (nSPS) is 10.9. The summed E-state index contributed by atoms with van der Waals surface area (Å²) in [5.41, 5.74) is 7.63.